The Hall–Kier alpha value is -0.890. The fourth-order valence-corrected chi connectivity index (χ4v) is 2.62. The van der Waals surface area contributed by atoms with Gasteiger partial charge in [0.1, 0.15) is 0 Å². The molecule has 0 atom stereocenters. The van der Waals surface area contributed by atoms with Gasteiger partial charge in [0.05, 0.1) is 0 Å². The minimum atomic E-state index is 0.688. The fourth-order valence-electron chi connectivity index (χ4n) is 2.62. The predicted molar refractivity (Wildman–Crippen MR) is 51.5 cm³/mol. The second-order valence-electron chi connectivity index (χ2n) is 4.49. The van der Waals surface area contributed by atoms with Gasteiger partial charge >= 0.3 is 0 Å². The van der Waals surface area contributed by atoms with Gasteiger partial charge in [-0.1, -0.05) is 0 Å². The molecule has 0 unspecified atom stereocenters. The van der Waals surface area contributed by atoms with Gasteiger partial charge in [0, 0.05) is 25.5 Å². The van der Waals surface area contributed by atoms with Gasteiger partial charge in [0.25, 0.3) is 0 Å². The number of rotatable bonds is 1. The van der Waals surface area contributed by atoms with Crippen molar-refractivity contribution in [2.24, 2.45) is 5.41 Å². The van der Waals surface area contributed by atoms with Crippen molar-refractivity contribution < 1.29 is 0 Å². The molecular formula is C11H14N2. The molecule has 2 heteroatoms. The molecule has 68 valence electrons. The van der Waals surface area contributed by atoms with E-state index in [2.05, 4.69) is 22.4 Å². The Bertz CT molecular complexity index is 295. The van der Waals surface area contributed by atoms with Crippen LogP contribution in [0.4, 0.5) is 0 Å². The first-order valence-corrected chi connectivity index (χ1v) is 4.99. The maximum absolute atomic E-state index is 4.04. The van der Waals surface area contributed by atoms with E-state index >= 15 is 0 Å². The molecule has 0 amide bonds. The second kappa shape index (κ2) is 2.55. The van der Waals surface area contributed by atoms with Crippen LogP contribution in [0.1, 0.15) is 24.3 Å². The highest BCUT2D eigenvalue weighted by atomic mass is 15.0. The van der Waals surface area contributed by atoms with Gasteiger partial charge in [-0.25, -0.2) is 0 Å². The lowest BCUT2D eigenvalue weighted by atomic mass is 9.57. The highest BCUT2D eigenvalue weighted by Gasteiger charge is 2.48. The topological polar surface area (TPSA) is 24.9 Å². The van der Waals surface area contributed by atoms with E-state index in [9.17, 15) is 0 Å². The molecule has 0 radical (unpaired) electrons. The van der Waals surface area contributed by atoms with E-state index in [1.807, 2.05) is 12.4 Å². The number of nitrogens with one attached hydrogen (secondary N) is 1. The normalized spacial score (nSPS) is 25.2. The summed E-state index contributed by atoms with van der Waals surface area (Å²) in [5.41, 5.74) is 2.17. The second-order valence-corrected chi connectivity index (χ2v) is 4.49. The van der Waals surface area contributed by atoms with Crippen LogP contribution in [0.2, 0.25) is 0 Å². The molecule has 13 heavy (non-hydrogen) atoms. The first-order valence-electron chi connectivity index (χ1n) is 4.99. The molecule has 1 aromatic heterocycles. The van der Waals surface area contributed by atoms with Crippen molar-refractivity contribution in [2.75, 3.05) is 13.1 Å². The predicted octanol–water partition coefficient (Wildman–Crippen LogP) is 1.55. The monoisotopic (exact) mass is 174 g/mol. The Morgan fingerprint density at radius 2 is 1.92 bits per heavy atom. The van der Waals surface area contributed by atoms with Crippen LogP contribution >= 0.6 is 0 Å². The summed E-state index contributed by atoms with van der Waals surface area (Å²) in [5, 5.41) is 3.36. The lowest BCUT2D eigenvalue weighted by Crippen LogP contribution is -2.59. The number of hydrogen-bond acceptors (Lipinski definition) is 2. The lowest BCUT2D eigenvalue weighted by molar-refractivity contribution is 0.0363. The first kappa shape index (κ1) is 7.51. The highest BCUT2D eigenvalue weighted by molar-refractivity contribution is 5.23. The Morgan fingerprint density at radius 1 is 1.23 bits per heavy atom. The van der Waals surface area contributed by atoms with Crippen LogP contribution in [0.3, 0.4) is 0 Å². The molecule has 1 spiro atoms. The Kier molecular flexibility index (Phi) is 1.47. The Balaban J connectivity index is 1.71. The van der Waals surface area contributed by atoms with Crippen LogP contribution in [-0.4, -0.2) is 18.1 Å². The number of pyridine rings is 1. The molecule has 1 aliphatic heterocycles. The van der Waals surface area contributed by atoms with E-state index in [-0.39, 0.29) is 0 Å². The zero-order valence-electron chi connectivity index (χ0n) is 7.66. The average molecular weight is 174 g/mol. The standard InChI is InChI=1S/C11H14N2/c1-3-12-4-2-9(1)10-5-11(6-10)7-13-8-11/h1-4,10,13H,5-8H2. The van der Waals surface area contributed by atoms with Crippen molar-refractivity contribution in [3.8, 4) is 0 Å². The van der Waals surface area contributed by atoms with Crippen LogP contribution in [0.15, 0.2) is 24.5 Å². The molecule has 2 nitrogen and oxygen atoms in total. The van der Waals surface area contributed by atoms with E-state index in [4.69, 9.17) is 0 Å². The molecule has 1 aliphatic carbocycles. The smallest absolute Gasteiger partial charge is 0.0270 e. The summed E-state index contributed by atoms with van der Waals surface area (Å²) in [7, 11) is 0. The summed E-state index contributed by atoms with van der Waals surface area (Å²) < 4.78 is 0. The summed E-state index contributed by atoms with van der Waals surface area (Å²) in [6.45, 7) is 2.49. The minimum absolute atomic E-state index is 0.688. The summed E-state index contributed by atoms with van der Waals surface area (Å²) in [4.78, 5) is 4.04. The third-order valence-corrected chi connectivity index (χ3v) is 3.54. The van der Waals surface area contributed by atoms with Crippen molar-refractivity contribution in [3.63, 3.8) is 0 Å². The van der Waals surface area contributed by atoms with Crippen molar-refractivity contribution in [3.05, 3.63) is 30.1 Å². The summed E-state index contributed by atoms with van der Waals surface area (Å²) in [6, 6.07) is 4.31. The van der Waals surface area contributed by atoms with Crippen LogP contribution in [0, 0.1) is 5.41 Å². The first-order chi connectivity index (χ1) is 6.38. The van der Waals surface area contributed by atoms with E-state index in [0.29, 0.717) is 5.41 Å². The third-order valence-electron chi connectivity index (χ3n) is 3.54. The van der Waals surface area contributed by atoms with E-state index in [1.54, 1.807) is 0 Å². The van der Waals surface area contributed by atoms with Crippen LogP contribution < -0.4 is 5.32 Å². The third kappa shape index (κ3) is 1.09. The molecule has 0 aromatic carbocycles. The van der Waals surface area contributed by atoms with Gasteiger partial charge in [-0.3, -0.25) is 4.98 Å². The molecule has 1 saturated heterocycles. The van der Waals surface area contributed by atoms with Crippen molar-refractivity contribution in [1.82, 2.24) is 10.3 Å². The van der Waals surface area contributed by atoms with E-state index in [1.165, 1.54) is 31.5 Å². The fraction of sp³-hybridized carbons (Fsp3) is 0.545. The summed E-state index contributed by atoms with van der Waals surface area (Å²) in [6.07, 6.45) is 6.56. The maximum Gasteiger partial charge on any atom is 0.0270 e. The zero-order valence-corrected chi connectivity index (χ0v) is 7.66. The molecule has 2 fully saturated rings. The quantitative estimate of drug-likeness (QED) is 0.698. The number of nitrogens with zero attached hydrogens (tertiary/aromatic N) is 1. The van der Waals surface area contributed by atoms with Crippen molar-refractivity contribution in [2.45, 2.75) is 18.8 Å². The minimum Gasteiger partial charge on any atom is -0.316 e. The van der Waals surface area contributed by atoms with Crippen molar-refractivity contribution in [1.29, 1.82) is 0 Å². The summed E-state index contributed by atoms with van der Waals surface area (Å²) >= 11 is 0. The zero-order chi connectivity index (χ0) is 8.73. The lowest BCUT2D eigenvalue weighted by Gasteiger charge is -2.54. The summed E-state index contributed by atoms with van der Waals surface area (Å²) in [5.74, 6) is 0.810. The van der Waals surface area contributed by atoms with Gasteiger partial charge in [-0.2, -0.15) is 0 Å². The van der Waals surface area contributed by atoms with Crippen molar-refractivity contribution >= 4 is 0 Å². The van der Waals surface area contributed by atoms with Gasteiger partial charge in [0.2, 0.25) is 0 Å². The highest BCUT2D eigenvalue weighted by Crippen LogP contribution is 2.52. The molecule has 2 heterocycles. The van der Waals surface area contributed by atoms with Crippen LogP contribution in [0.5, 0.6) is 0 Å². The largest absolute Gasteiger partial charge is 0.316 e. The molecule has 1 aromatic rings. The van der Waals surface area contributed by atoms with Gasteiger partial charge < -0.3 is 5.32 Å². The van der Waals surface area contributed by atoms with Crippen LogP contribution in [-0.2, 0) is 0 Å². The van der Waals surface area contributed by atoms with E-state index < -0.39 is 0 Å². The molecule has 1 saturated carbocycles. The Morgan fingerprint density at radius 3 is 2.46 bits per heavy atom. The maximum atomic E-state index is 4.04. The number of aromatic nitrogens is 1. The van der Waals surface area contributed by atoms with Gasteiger partial charge in [-0.15, -0.1) is 0 Å². The number of hydrogen-bond donors (Lipinski definition) is 1. The molecule has 3 rings (SSSR count). The molecule has 1 N–H and O–H groups in total. The van der Waals surface area contributed by atoms with Gasteiger partial charge in [-0.05, 0) is 41.9 Å². The van der Waals surface area contributed by atoms with Crippen LogP contribution in [0.25, 0.3) is 0 Å². The molecule has 2 aliphatic rings. The van der Waals surface area contributed by atoms with E-state index in [0.717, 1.165) is 5.92 Å². The molecule has 0 bridgehead atoms. The molecular weight excluding hydrogens is 160 g/mol. The Labute approximate surface area is 78.4 Å². The van der Waals surface area contributed by atoms with Gasteiger partial charge in [0.15, 0.2) is 0 Å². The average Bonchev–Trinajstić information content (AvgIpc) is 2.01. The SMILES string of the molecule is c1cc(C2CC3(CNC3)C2)ccn1.